The van der Waals surface area contributed by atoms with Crippen LogP contribution in [0.3, 0.4) is 0 Å². The summed E-state index contributed by atoms with van der Waals surface area (Å²) in [6.45, 7) is 2.65. The van der Waals surface area contributed by atoms with Crippen LogP contribution >= 0.6 is 0 Å². The molecule has 2 saturated heterocycles. The van der Waals surface area contributed by atoms with Gasteiger partial charge in [-0.3, -0.25) is 0 Å². The van der Waals surface area contributed by atoms with Crippen LogP contribution in [0, 0.1) is 11.8 Å². The van der Waals surface area contributed by atoms with Crippen LogP contribution in [0.4, 0.5) is 0 Å². The molecular weight excluding hydrogens is 160 g/mol. The van der Waals surface area contributed by atoms with E-state index in [1.807, 2.05) is 0 Å². The molecule has 3 unspecified atom stereocenters. The highest BCUT2D eigenvalue weighted by Crippen LogP contribution is 2.41. The second-order valence-electron chi connectivity index (χ2n) is 5.20. The summed E-state index contributed by atoms with van der Waals surface area (Å²) in [6.07, 6.45) is 5.83. The third kappa shape index (κ3) is 1.23. The first-order valence-corrected chi connectivity index (χ1v) is 5.78. The number of nitrogens with one attached hydrogen (secondary N) is 1. The van der Waals surface area contributed by atoms with Crippen molar-refractivity contribution in [3.63, 3.8) is 0 Å². The Labute approximate surface area is 80.7 Å². The van der Waals surface area contributed by atoms with Crippen LogP contribution in [-0.2, 0) is 0 Å². The summed E-state index contributed by atoms with van der Waals surface area (Å²) in [5.41, 5.74) is 0. The lowest BCUT2D eigenvalue weighted by Crippen LogP contribution is -2.48. The summed E-state index contributed by atoms with van der Waals surface area (Å²) < 4.78 is 0. The fourth-order valence-electron chi connectivity index (χ4n) is 3.17. The Hall–Kier alpha value is -0.0800. The Morgan fingerprint density at radius 3 is 2.69 bits per heavy atom. The van der Waals surface area contributed by atoms with E-state index in [2.05, 4.69) is 17.3 Å². The third-order valence-electron chi connectivity index (χ3n) is 4.52. The van der Waals surface area contributed by atoms with Gasteiger partial charge >= 0.3 is 0 Å². The van der Waals surface area contributed by atoms with E-state index in [1.54, 1.807) is 0 Å². The molecule has 0 radical (unpaired) electrons. The van der Waals surface area contributed by atoms with Gasteiger partial charge in [-0.15, -0.1) is 0 Å². The van der Waals surface area contributed by atoms with Gasteiger partial charge in [0.05, 0.1) is 0 Å². The number of hydrogen-bond donors (Lipinski definition) is 1. The van der Waals surface area contributed by atoms with Crippen molar-refractivity contribution in [2.75, 3.05) is 20.1 Å². The molecule has 2 nitrogen and oxygen atoms in total. The summed E-state index contributed by atoms with van der Waals surface area (Å²) >= 11 is 0. The topological polar surface area (TPSA) is 15.3 Å². The Kier molecular flexibility index (Phi) is 1.88. The highest BCUT2D eigenvalue weighted by atomic mass is 15.2. The number of rotatable bonds is 3. The molecule has 0 aromatic carbocycles. The first-order valence-electron chi connectivity index (χ1n) is 5.78. The molecule has 74 valence electrons. The van der Waals surface area contributed by atoms with Gasteiger partial charge < -0.3 is 10.2 Å². The zero-order valence-corrected chi connectivity index (χ0v) is 8.50. The van der Waals surface area contributed by atoms with E-state index in [9.17, 15) is 0 Å². The van der Waals surface area contributed by atoms with Gasteiger partial charge in [0, 0.05) is 18.6 Å². The summed E-state index contributed by atoms with van der Waals surface area (Å²) in [4.78, 5) is 2.61. The van der Waals surface area contributed by atoms with Crippen molar-refractivity contribution >= 4 is 0 Å². The van der Waals surface area contributed by atoms with E-state index in [-0.39, 0.29) is 0 Å². The van der Waals surface area contributed by atoms with Gasteiger partial charge in [-0.25, -0.2) is 0 Å². The maximum Gasteiger partial charge on any atom is 0.0114 e. The van der Waals surface area contributed by atoms with Crippen molar-refractivity contribution in [3.8, 4) is 0 Å². The van der Waals surface area contributed by atoms with E-state index < -0.39 is 0 Å². The van der Waals surface area contributed by atoms with Gasteiger partial charge in [0.15, 0.2) is 0 Å². The van der Waals surface area contributed by atoms with Gasteiger partial charge in [0.1, 0.15) is 0 Å². The number of nitrogens with zero attached hydrogens (tertiary/aromatic N) is 1. The minimum atomic E-state index is 0.882. The predicted octanol–water partition coefficient (Wildman–Crippen LogP) is 1.08. The van der Waals surface area contributed by atoms with Gasteiger partial charge in [0.25, 0.3) is 0 Å². The quantitative estimate of drug-likeness (QED) is 0.699. The SMILES string of the molecule is CN(CC1C2CNC1C2)C1CCC1. The lowest BCUT2D eigenvalue weighted by atomic mass is 9.73. The molecule has 4 fully saturated rings. The second-order valence-corrected chi connectivity index (χ2v) is 5.20. The molecule has 2 aliphatic heterocycles. The van der Waals surface area contributed by atoms with Crippen LogP contribution in [0.1, 0.15) is 25.7 Å². The third-order valence-corrected chi connectivity index (χ3v) is 4.52. The standard InChI is InChI=1S/C11H20N2/c1-13(9-3-2-4-9)7-10-8-5-11(10)12-6-8/h8-12H,2-7H2,1H3. The molecule has 2 bridgehead atoms. The summed E-state index contributed by atoms with van der Waals surface area (Å²) in [5, 5.41) is 3.60. The lowest BCUT2D eigenvalue weighted by Gasteiger charge is -2.42. The van der Waals surface area contributed by atoms with Gasteiger partial charge in [0.2, 0.25) is 0 Å². The first-order chi connectivity index (χ1) is 6.34. The van der Waals surface area contributed by atoms with E-state index in [0.717, 1.165) is 23.9 Å². The van der Waals surface area contributed by atoms with Crippen LogP contribution < -0.4 is 5.32 Å². The smallest absolute Gasteiger partial charge is 0.0114 e. The Morgan fingerprint density at radius 2 is 2.23 bits per heavy atom. The molecule has 4 rings (SSSR count). The minimum Gasteiger partial charge on any atom is -0.313 e. The minimum absolute atomic E-state index is 0.882. The van der Waals surface area contributed by atoms with E-state index in [1.165, 1.54) is 38.8 Å². The largest absolute Gasteiger partial charge is 0.313 e. The molecule has 3 atom stereocenters. The fourth-order valence-corrected chi connectivity index (χ4v) is 3.17. The van der Waals surface area contributed by atoms with Crippen molar-refractivity contribution in [2.45, 2.75) is 37.8 Å². The molecule has 4 aliphatic rings. The fraction of sp³-hybridized carbons (Fsp3) is 1.00. The highest BCUT2D eigenvalue weighted by Gasteiger charge is 2.47. The van der Waals surface area contributed by atoms with Crippen molar-refractivity contribution < 1.29 is 0 Å². The average molecular weight is 180 g/mol. The van der Waals surface area contributed by atoms with Crippen molar-refractivity contribution in [1.29, 1.82) is 0 Å². The van der Waals surface area contributed by atoms with Crippen LogP contribution in [0.2, 0.25) is 0 Å². The summed E-state index contributed by atoms with van der Waals surface area (Å²) in [5.74, 6) is 2.01. The first kappa shape index (κ1) is 8.25. The van der Waals surface area contributed by atoms with E-state index >= 15 is 0 Å². The van der Waals surface area contributed by atoms with Gasteiger partial charge in [-0.05, 0) is 44.7 Å². The second kappa shape index (κ2) is 2.96. The molecule has 0 aromatic rings. The summed E-state index contributed by atoms with van der Waals surface area (Å²) in [7, 11) is 2.32. The number of hydrogen-bond acceptors (Lipinski definition) is 2. The zero-order valence-electron chi connectivity index (χ0n) is 8.50. The molecule has 2 heterocycles. The Morgan fingerprint density at radius 1 is 1.38 bits per heavy atom. The monoisotopic (exact) mass is 180 g/mol. The Balaban J connectivity index is 1.51. The predicted molar refractivity (Wildman–Crippen MR) is 53.7 cm³/mol. The molecule has 0 spiro atoms. The van der Waals surface area contributed by atoms with Crippen LogP contribution in [0.5, 0.6) is 0 Å². The normalized spacial score (nSPS) is 43.4. The van der Waals surface area contributed by atoms with Crippen LogP contribution in [0.15, 0.2) is 0 Å². The average Bonchev–Trinajstić information content (AvgIpc) is 2.55. The molecule has 2 aliphatic carbocycles. The molecular formula is C11H20N2. The molecule has 1 N–H and O–H groups in total. The van der Waals surface area contributed by atoms with Crippen molar-refractivity contribution in [1.82, 2.24) is 10.2 Å². The molecule has 2 heteroatoms. The Bertz CT molecular complexity index is 186. The van der Waals surface area contributed by atoms with Crippen molar-refractivity contribution in [2.24, 2.45) is 11.8 Å². The molecule has 0 aromatic heterocycles. The van der Waals surface area contributed by atoms with E-state index in [4.69, 9.17) is 0 Å². The zero-order chi connectivity index (χ0) is 8.84. The summed E-state index contributed by atoms with van der Waals surface area (Å²) in [6, 6.07) is 1.81. The van der Waals surface area contributed by atoms with E-state index in [0.29, 0.717) is 0 Å². The van der Waals surface area contributed by atoms with Crippen LogP contribution in [0.25, 0.3) is 0 Å². The number of fused-ring (bicyclic) bond motifs is 1. The van der Waals surface area contributed by atoms with Gasteiger partial charge in [-0.1, -0.05) is 6.42 Å². The molecule has 2 saturated carbocycles. The maximum atomic E-state index is 3.60. The van der Waals surface area contributed by atoms with Gasteiger partial charge in [-0.2, -0.15) is 0 Å². The van der Waals surface area contributed by atoms with Crippen LogP contribution in [-0.4, -0.2) is 37.1 Å². The lowest BCUT2D eigenvalue weighted by molar-refractivity contribution is 0.0881. The highest BCUT2D eigenvalue weighted by molar-refractivity contribution is 5.03. The maximum absolute atomic E-state index is 3.60. The van der Waals surface area contributed by atoms with Crippen molar-refractivity contribution in [3.05, 3.63) is 0 Å². The molecule has 0 amide bonds. The molecule has 13 heavy (non-hydrogen) atoms.